The Morgan fingerprint density at radius 1 is 0.421 bits per heavy atom. The van der Waals surface area contributed by atoms with Crippen molar-refractivity contribution in [2.24, 2.45) is 10.2 Å². The number of anilines is 2. The zero-order valence-corrected chi connectivity index (χ0v) is 32.6. The van der Waals surface area contributed by atoms with Crippen molar-refractivity contribution in [2.75, 3.05) is 63.8 Å². The molecule has 288 valence electrons. The van der Waals surface area contributed by atoms with E-state index in [1.54, 1.807) is 0 Å². The van der Waals surface area contributed by atoms with E-state index >= 15 is 0 Å². The molecule has 0 fully saturated rings. The summed E-state index contributed by atoms with van der Waals surface area (Å²) >= 11 is 0. The van der Waals surface area contributed by atoms with Gasteiger partial charge in [0.05, 0.1) is 63.4 Å². The summed E-state index contributed by atoms with van der Waals surface area (Å²) in [5.41, 5.74) is 8.96. The fraction of sp³-hybridized carbons (Fsp3) is 0.208. The van der Waals surface area contributed by atoms with Crippen LogP contribution < -0.4 is 10.0 Å². The second-order valence-electron chi connectivity index (χ2n) is 13.9. The lowest BCUT2D eigenvalue weighted by Crippen LogP contribution is -2.13. The summed E-state index contributed by atoms with van der Waals surface area (Å²) in [6.45, 7) is 4.80. The van der Waals surface area contributed by atoms with E-state index in [2.05, 4.69) is 104 Å². The first-order chi connectivity index (χ1) is 28.1. The normalized spacial score (nSPS) is 12.0. The third-order valence-electron chi connectivity index (χ3n) is 10.3. The number of benzene rings is 6. The van der Waals surface area contributed by atoms with E-state index in [0.717, 1.165) is 35.6 Å². The number of aromatic nitrogens is 2. The molecular weight excluding hydrogens is 709 g/mol. The van der Waals surface area contributed by atoms with Gasteiger partial charge in [-0.2, -0.15) is 10.2 Å². The lowest BCUT2D eigenvalue weighted by molar-refractivity contribution is 0.0123. The van der Waals surface area contributed by atoms with Crippen LogP contribution in [0.5, 0.6) is 0 Å². The number of para-hydroxylation sites is 4. The largest absolute Gasteiger partial charge is 0.377 e. The summed E-state index contributed by atoms with van der Waals surface area (Å²) in [6.07, 6.45) is 3.83. The van der Waals surface area contributed by atoms with Gasteiger partial charge in [0.2, 0.25) is 0 Å². The van der Waals surface area contributed by atoms with Gasteiger partial charge in [-0.25, -0.2) is 0 Å². The quantitative estimate of drug-likeness (QED) is 0.0496. The third kappa shape index (κ3) is 8.76. The highest BCUT2D eigenvalue weighted by atomic mass is 16.5. The van der Waals surface area contributed by atoms with Crippen molar-refractivity contribution in [3.63, 3.8) is 0 Å². The zero-order chi connectivity index (χ0) is 38.8. The number of hydrazone groups is 2. The van der Waals surface area contributed by atoms with Gasteiger partial charge < -0.3 is 23.3 Å². The summed E-state index contributed by atoms with van der Waals surface area (Å²) in [6, 6.07) is 50.4. The van der Waals surface area contributed by atoms with Crippen molar-refractivity contribution < 1.29 is 14.2 Å². The van der Waals surface area contributed by atoms with Gasteiger partial charge in [-0.1, -0.05) is 84.9 Å². The second-order valence-corrected chi connectivity index (χ2v) is 13.9. The Balaban J connectivity index is 0.784. The molecule has 0 saturated heterocycles. The van der Waals surface area contributed by atoms with Crippen molar-refractivity contribution in [3.05, 3.63) is 157 Å². The summed E-state index contributed by atoms with van der Waals surface area (Å²) in [4.78, 5) is 0. The molecule has 0 amide bonds. The summed E-state index contributed by atoms with van der Waals surface area (Å²) in [7, 11) is 3.92. The number of hydrogen-bond donors (Lipinski definition) is 0. The van der Waals surface area contributed by atoms with E-state index in [-0.39, 0.29) is 0 Å². The van der Waals surface area contributed by atoms with E-state index in [1.165, 1.54) is 43.6 Å². The van der Waals surface area contributed by atoms with Crippen molar-refractivity contribution in [1.29, 1.82) is 0 Å². The minimum absolute atomic E-state index is 0.524. The minimum atomic E-state index is 0.524. The molecule has 6 aromatic carbocycles. The van der Waals surface area contributed by atoms with Gasteiger partial charge in [0.15, 0.2) is 0 Å². The van der Waals surface area contributed by atoms with Crippen molar-refractivity contribution in [3.8, 4) is 0 Å². The average Bonchev–Trinajstić information content (AvgIpc) is 3.75. The van der Waals surface area contributed by atoms with Crippen LogP contribution in [0.1, 0.15) is 11.1 Å². The second kappa shape index (κ2) is 18.1. The van der Waals surface area contributed by atoms with E-state index in [0.29, 0.717) is 39.6 Å². The molecular formula is C48H48N6O3. The molecule has 9 heteroatoms. The van der Waals surface area contributed by atoms with Crippen LogP contribution in [0, 0.1) is 0 Å². The molecule has 9 nitrogen and oxygen atoms in total. The molecule has 0 bridgehead atoms. The molecule has 57 heavy (non-hydrogen) atoms. The van der Waals surface area contributed by atoms with Crippen LogP contribution in [0.3, 0.4) is 0 Å². The van der Waals surface area contributed by atoms with Crippen molar-refractivity contribution >= 4 is 67.4 Å². The van der Waals surface area contributed by atoms with E-state index in [1.807, 2.05) is 97.2 Å². The van der Waals surface area contributed by atoms with Crippen LogP contribution in [0.15, 0.2) is 156 Å². The number of nitrogens with zero attached hydrogens (tertiary/aromatic N) is 6. The van der Waals surface area contributed by atoms with Crippen LogP contribution >= 0.6 is 0 Å². The predicted molar refractivity (Wildman–Crippen MR) is 236 cm³/mol. The van der Waals surface area contributed by atoms with E-state index in [9.17, 15) is 0 Å². The molecule has 2 heterocycles. The Morgan fingerprint density at radius 3 is 1.23 bits per heavy atom. The molecule has 8 rings (SSSR count). The van der Waals surface area contributed by atoms with E-state index < -0.39 is 0 Å². The topological polar surface area (TPSA) is 68.7 Å². The van der Waals surface area contributed by atoms with Crippen LogP contribution in [-0.2, 0) is 27.3 Å². The maximum absolute atomic E-state index is 6.02. The molecule has 0 unspecified atom stereocenters. The molecule has 0 aliphatic heterocycles. The van der Waals surface area contributed by atoms with Crippen LogP contribution in [0.25, 0.3) is 43.6 Å². The van der Waals surface area contributed by atoms with Crippen LogP contribution in [0.4, 0.5) is 11.4 Å². The number of rotatable bonds is 18. The first-order valence-electron chi connectivity index (χ1n) is 19.5. The Morgan fingerprint density at radius 2 is 0.789 bits per heavy atom. The third-order valence-corrected chi connectivity index (χ3v) is 10.3. The highest BCUT2D eigenvalue weighted by Gasteiger charge is 2.12. The maximum Gasteiger partial charge on any atom is 0.0701 e. The Hall–Kier alpha value is -6.26. The SMILES string of the molecule is CN(/N=C\c1ccc2c(c1)c1ccccc1n2CCOCCOCCOCCn1c2ccccc2c2cc(/C=N\N(C)c3ccccc3)ccc21)c1ccccc1. The molecule has 0 saturated carbocycles. The van der Waals surface area contributed by atoms with Gasteiger partial charge in [0, 0.05) is 70.8 Å². The fourth-order valence-electron chi connectivity index (χ4n) is 7.37. The van der Waals surface area contributed by atoms with Gasteiger partial charge in [-0.15, -0.1) is 0 Å². The molecule has 0 aliphatic carbocycles. The van der Waals surface area contributed by atoms with Gasteiger partial charge in [0.25, 0.3) is 0 Å². The summed E-state index contributed by atoms with van der Waals surface area (Å²) < 4.78 is 22.6. The molecule has 0 aliphatic rings. The number of hydrogen-bond acceptors (Lipinski definition) is 7. The van der Waals surface area contributed by atoms with Crippen molar-refractivity contribution in [1.82, 2.24) is 9.13 Å². The van der Waals surface area contributed by atoms with Gasteiger partial charge in [-0.3, -0.25) is 10.0 Å². The molecule has 0 N–H and O–H groups in total. The standard InChI is InChI=1S/C48H48N6O3/c1-51(39-13-5-3-6-14-39)49-35-37-21-23-47-43(33-37)41-17-9-11-19-45(41)53(47)25-27-55-29-31-57-32-30-56-28-26-54-46-20-12-10-18-42(46)44-34-38(22-24-48(44)54)36-50-52(2)40-15-7-4-8-16-40/h3-24,33-36H,25-32H2,1-2H3/b49-35-,50-36-. The highest BCUT2D eigenvalue weighted by molar-refractivity contribution is 6.10. The summed E-state index contributed by atoms with van der Waals surface area (Å²) in [5.74, 6) is 0. The Labute approximate surface area is 333 Å². The molecule has 0 atom stereocenters. The monoisotopic (exact) mass is 756 g/mol. The van der Waals surface area contributed by atoms with Crippen LogP contribution in [0.2, 0.25) is 0 Å². The van der Waals surface area contributed by atoms with Crippen molar-refractivity contribution in [2.45, 2.75) is 13.1 Å². The van der Waals surface area contributed by atoms with Gasteiger partial charge >= 0.3 is 0 Å². The minimum Gasteiger partial charge on any atom is -0.377 e. The van der Waals surface area contributed by atoms with E-state index in [4.69, 9.17) is 14.2 Å². The molecule has 8 aromatic rings. The number of ether oxygens (including phenoxy) is 3. The predicted octanol–water partition coefficient (Wildman–Crippen LogP) is 9.59. The first kappa shape index (κ1) is 37.7. The Bertz CT molecular complexity index is 2430. The smallest absolute Gasteiger partial charge is 0.0701 e. The average molecular weight is 757 g/mol. The highest BCUT2D eigenvalue weighted by Crippen LogP contribution is 2.31. The Kier molecular flexibility index (Phi) is 12.0. The van der Waals surface area contributed by atoms with Crippen LogP contribution in [-0.4, -0.2) is 75.3 Å². The number of fused-ring (bicyclic) bond motifs is 6. The lowest BCUT2D eigenvalue weighted by atomic mass is 10.1. The fourth-order valence-corrected chi connectivity index (χ4v) is 7.37. The van der Waals surface area contributed by atoms with Gasteiger partial charge in [-0.05, 0) is 71.8 Å². The summed E-state index contributed by atoms with van der Waals surface area (Å²) in [5, 5.41) is 18.0. The molecule has 0 radical (unpaired) electrons. The zero-order valence-electron chi connectivity index (χ0n) is 32.6. The first-order valence-corrected chi connectivity index (χ1v) is 19.5. The lowest BCUT2D eigenvalue weighted by Gasteiger charge is -2.12. The molecule has 2 aromatic heterocycles. The molecule has 0 spiro atoms. The maximum atomic E-state index is 6.02. The van der Waals surface area contributed by atoms with Gasteiger partial charge in [0.1, 0.15) is 0 Å².